The molecule has 0 N–H and O–H groups in total. The summed E-state index contributed by atoms with van der Waals surface area (Å²) in [7, 11) is 2.12. The van der Waals surface area contributed by atoms with Crippen LogP contribution in [-0.2, 0) is 7.05 Å². The maximum absolute atomic E-state index is 2.24. The lowest BCUT2D eigenvalue weighted by atomic mass is 10.4. The maximum atomic E-state index is 2.24. The van der Waals surface area contributed by atoms with E-state index in [2.05, 4.69) is 31.7 Å². The number of hydrogen-bond acceptors (Lipinski definition) is 2. The first-order valence-electron chi connectivity index (χ1n) is 3.17. The smallest absolute Gasteiger partial charge is 0.297 e. The van der Waals surface area contributed by atoms with Crippen LogP contribution in [-0.4, -0.2) is 6.26 Å². The van der Waals surface area contributed by atoms with Crippen LogP contribution in [0.2, 0.25) is 0 Å². The average Bonchev–Trinajstić information content (AvgIpc) is 2.17. The van der Waals surface area contributed by atoms with Crippen molar-refractivity contribution in [3.63, 3.8) is 0 Å². The molecule has 0 radical (unpaired) electrons. The molecule has 0 amide bonds. The van der Waals surface area contributed by atoms with Crippen LogP contribution in [0.3, 0.4) is 0 Å². The van der Waals surface area contributed by atoms with Crippen LogP contribution >= 0.6 is 23.1 Å². The van der Waals surface area contributed by atoms with E-state index in [1.165, 1.54) is 14.9 Å². The molecule has 0 saturated heterocycles. The molecule has 1 nitrogen and oxygen atoms in total. The Bertz CT molecular complexity index is 245. The number of halogens is 1. The molecule has 0 aliphatic carbocycles. The van der Waals surface area contributed by atoms with E-state index in [0.717, 1.165) is 0 Å². The number of aromatic nitrogens is 1. The van der Waals surface area contributed by atoms with Crippen LogP contribution in [0.1, 0.15) is 10.6 Å². The molecule has 4 heteroatoms. The van der Waals surface area contributed by atoms with E-state index in [0.29, 0.717) is 0 Å². The minimum absolute atomic E-state index is 0. The Morgan fingerprint density at radius 3 is 2.09 bits per heavy atom. The van der Waals surface area contributed by atoms with Gasteiger partial charge in [-0.25, -0.2) is 0 Å². The Hall–Kier alpha value is 0.460. The van der Waals surface area contributed by atoms with Crippen LogP contribution in [0.5, 0.6) is 0 Å². The Labute approximate surface area is 86.6 Å². The van der Waals surface area contributed by atoms with Crippen molar-refractivity contribution in [2.24, 2.45) is 7.05 Å². The summed E-state index contributed by atoms with van der Waals surface area (Å²) in [6.45, 7) is 4.32. The number of nitrogens with zero attached hydrogens (tertiary/aromatic N) is 1. The molecule has 0 aliphatic heterocycles. The fourth-order valence-electron chi connectivity index (χ4n) is 0.825. The summed E-state index contributed by atoms with van der Waals surface area (Å²) in [5.41, 5.74) is 1.38. The van der Waals surface area contributed by atoms with E-state index in [9.17, 15) is 0 Å². The van der Waals surface area contributed by atoms with E-state index in [1.807, 2.05) is 23.1 Å². The molecule has 11 heavy (non-hydrogen) atoms. The highest BCUT2D eigenvalue weighted by molar-refractivity contribution is 8.00. The zero-order chi connectivity index (χ0) is 7.72. The lowest BCUT2D eigenvalue weighted by Crippen LogP contribution is -3.00. The first kappa shape index (κ1) is 11.5. The molecule has 0 spiro atoms. The van der Waals surface area contributed by atoms with E-state index in [-0.39, 0.29) is 17.0 Å². The maximum Gasteiger partial charge on any atom is 0.297 e. The number of aryl methyl sites for hydroxylation is 1. The Morgan fingerprint density at radius 2 is 1.91 bits per heavy atom. The van der Waals surface area contributed by atoms with Gasteiger partial charge in [0.2, 0.25) is 0 Å². The van der Waals surface area contributed by atoms with Gasteiger partial charge in [-0.1, -0.05) is 11.3 Å². The predicted molar refractivity (Wildman–Crippen MR) is 46.8 cm³/mol. The molecule has 0 fully saturated rings. The average molecular weight is 254 g/mol. The van der Waals surface area contributed by atoms with Crippen molar-refractivity contribution >= 4 is 23.1 Å². The van der Waals surface area contributed by atoms with Crippen molar-refractivity contribution in [3.8, 4) is 0 Å². The molecule has 1 aromatic heterocycles. The molecule has 1 aromatic rings. The topological polar surface area (TPSA) is 3.88 Å². The summed E-state index contributed by atoms with van der Waals surface area (Å²) in [5, 5.41) is 0. The quantitative estimate of drug-likeness (QED) is 0.455. The standard InChI is InChI=1S/C7H12NS2.BrH/c1-5-6(2)10-7(9-4)8(5)3;/h1-4H3;1H/q+1;/p-1. The second kappa shape index (κ2) is 4.48. The summed E-state index contributed by atoms with van der Waals surface area (Å²) >= 11 is 3.68. The summed E-state index contributed by atoms with van der Waals surface area (Å²) in [6, 6.07) is 0. The van der Waals surface area contributed by atoms with Crippen LogP contribution < -0.4 is 21.5 Å². The number of thioether (sulfide) groups is 1. The molecule has 1 heterocycles. The van der Waals surface area contributed by atoms with Gasteiger partial charge in [-0.2, -0.15) is 4.57 Å². The van der Waals surface area contributed by atoms with Gasteiger partial charge in [0.05, 0.1) is 4.88 Å². The zero-order valence-electron chi connectivity index (χ0n) is 7.14. The highest BCUT2D eigenvalue weighted by Gasteiger charge is 2.14. The van der Waals surface area contributed by atoms with Crippen molar-refractivity contribution < 1.29 is 21.5 Å². The van der Waals surface area contributed by atoms with Gasteiger partial charge in [0, 0.05) is 6.92 Å². The van der Waals surface area contributed by atoms with Gasteiger partial charge in [0.15, 0.2) is 5.69 Å². The number of hydrogen-bond donors (Lipinski definition) is 0. The molecular weight excluding hydrogens is 242 g/mol. The molecule has 0 saturated carbocycles. The molecule has 0 atom stereocenters. The monoisotopic (exact) mass is 253 g/mol. The Morgan fingerprint density at radius 1 is 1.36 bits per heavy atom. The highest BCUT2D eigenvalue weighted by atomic mass is 79.9. The van der Waals surface area contributed by atoms with E-state index in [4.69, 9.17) is 0 Å². The highest BCUT2D eigenvalue weighted by Crippen LogP contribution is 2.21. The second-order valence-electron chi connectivity index (χ2n) is 2.27. The minimum atomic E-state index is 0. The summed E-state index contributed by atoms with van der Waals surface area (Å²) in [5.74, 6) is 0. The lowest BCUT2D eigenvalue weighted by molar-refractivity contribution is -0.707. The third-order valence-electron chi connectivity index (χ3n) is 1.70. The Balaban J connectivity index is 0.000001000. The zero-order valence-corrected chi connectivity index (χ0v) is 10.4. The van der Waals surface area contributed by atoms with E-state index in [1.54, 1.807) is 0 Å². The van der Waals surface area contributed by atoms with Gasteiger partial charge in [0.1, 0.15) is 7.05 Å². The summed E-state index contributed by atoms with van der Waals surface area (Å²) < 4.78 is 3.63. The third kappa shape index (κ3) is 2.20. The first-order chi connectivity index (χ1) is 4.66. The van der Waals surface area contributed by atoms with Gasteiger partial charge in [0.25, 0.3) is 4.34 Å². The molecule has 0 bridgehead atoms. The van der Waals surface area contributed by atoms with Crippen molar-refractivity contribution in [2.75, 3.05) is 6.26 Å². The van der Waals surface area contributed by atoms with Gasteiger partial charge < -0.3 is 17.0 Å². The van der Waals surface area contributed by atoms with E-state index < -0.39 is 0 Å². The molecule has 0 unspecified atom stereocenters. The number of thiazole rings is 1. The largest absolute Gasteiger partial charge is 1.00 e. The third-order valence-corrected chi connectivity index (χ3v) is 4.12. The lowest BCUT2D eigenvalue weighted by Gasteiger charge is -1.85. The summed E-state index contributed by atoms with van der Waals surface area (Å²) in [6.07, 6.45) is 2.12. The molecule has 1 rings (SSSR count). The second-order valence-corrected chi connectivity index (χ2v) is 4.53. The molecule has 64 valence electrons. The molecule has 0 aromatic carbocycles. The van der Waals surface area contributed by atoms with Crippen molar-refractivity contribution in [1.29, 1.82) is 0 Å². The molecular formula is C7H12BrNS2. The first-order valence-corrected chi connectivity index (χ1v) is 5.21. The number of rotatable bonds is 1. The van der Waals surface area contributed by atoms with Crippen molar-refractivity contribution in [3.05, 3.63) is 10.6 Å². The van der Waals surface area contributed by atoms with Crippen LogP contribution in [0, 0.1) is 13.8 Å². The summed E-state index contributed by atoms with van der Waals surface area (Å²) in [4.78, 5) is 1.42. The normalized spacial score (nSPS) is 9.45. The fourth-order valence-corrected chi connectivity index (χ4v) is 2.76. The van der Waals surface area contributed by atoms with Crippen molar-refractivity contribution in [2.45, 2.75) is 18.2 Å². The van der Waals surface area contributed by atoms with Gasteiger partial charge in [-0.05, 0) is 24.9 Å². The fraction of sp³-hybridized carbons (Fsp3) is 0.571. The SMILES string of the molecule is CSc1sc(C)c(C)[n+]1C.[Br-]. The minimum Gasteiger partial charge on any atom is -1.00 e. The van der Waals surface area contributed by atoms with Crippen molar-refractivity contribution in [1.82, 2.24) is 0 Å². The molecule has 0 aliphatic rings. The van der Waals surface area contributed by atoms with E-state index >= 15 is 0 Å². The predicted octanol–water partition coefficient (Wildman–Crippen LogP) is -1.08. The van der Waals surface area contributed by atoms with Gasteiger partial charge in [-0.15, -0.1) is 0 Å². The van der Waals surface area contributed by atoms with Crippen LogP contribution in [0.25, 0.3) is 0 Å². The van der Waals surface area contributed by atoms with Crippen LogP contribution in [0.4, 0.5) is 0 Å². The van der Waals surface area contributed by atoms with Crippen LogP contribution in [0.15, 0.2) is 4.34 Å². The van der Waals surface area contributed by atoms with Gasteiger partial charge >= 0.3 is 0 Å². The Kier molecular flexibility index (Phi) is 4.66. The van der Waals surface area contributed by atoms with Gasteiger partial charge in [-0.3, -0.25) is 0 Å².